The van der Waals surface area contributed by atoms with Crippen LogP contribution in [0.5, 0.6) is 0 Å². The van der Waals surface area contributed by atoms with Gasteiger partial charge >= 0.3 is 0 Å². The fourth-order valence-electron chi connectivity index (χ4n) is 9.65. The van der Waals surface area contributed by atoms with Gasteiger partial charge < -0.3 is 0 Å². The van der Waals surface area contributed by atoms with Crippen LogP contribution in [0.25, 0.3) is 50.2 Å². The lowest BCUT2D eigenvalue weighted by Gasteiger charge is -2.56. The van der Waals surface area contributed by atoms with E-state index in [-0.39, 0.29) is 16.2 Å². The Balaban J connectivity index is 1.43. The second kappa shape index (κ2) is 10.0. The average molecular weight is 619 g/mol. The van der Waals surface area contributed by atoms with Crippen LogP contribution in [0.15, 0.2) is 133 Å². The van der Waals surface area contributed by atoms with E-state index in [9.17, 15) is 0 Å². The lowest BCUT2D eigenvalue weighted by Crippen LogP contribution is -2.48. The molecule has 0 heteroatoms. The summed E-state index contributed by atoms with van der Waals surface area (Å²) in [7, 11) is 0. The molecule has 0 aliphatic heterocycles. The third kappa shape index (κ3) is 3.84. The summed E-state index contributed by atoms with van der Waals surface area (Å²) >= 11 is 0. The van der Waals surface area contributed by atoms with E-state index in [4.69, 9.17) is 0 Å². The molecule has 3 aliphatic carbocycles. The van der Waals surface area contributed by atoms with Gasteiger partial charge in [-0.2, -0.15) is 0 Å². The van der Waals surface area contributed by atoms with Gasteiger partial charge in [0.2, 0.25) is 0 Å². The molecule has 0 spiro atoms. The predicted octanol–water partition coefficient (Wildman–Crippen LogP) is 12.7. The van der Waals surface area contributed by atoms with E-state index in [1.165, 1.54) is 88.7 Å². The Morgan fingerprint density at radius 3 is 1.88 bits per heavy atom. The van der Waals surface area contributed by atoms with Crippen molar-refractivity contribution in [1.29, 1.82) is 0 Å². The molecule has 0 nitrogen and oxygen atoms in total. The first-order valence-corrected chi connectivity index (χ1v) is 17.5. The predicted molar refractivity (Wildman–Crippen MR) is 205 cm³/mol. The summed E-state index contributed by atoms with van der Waals surface area (Å²) in [6.45, 7) is 14.5. The summed E-state index contributed by atoms with van der Waals surface area (Å²) in [6, 6.07) is 48.0. The number of rotatable bonds is 3. The van der Waals surface area contributed by atoms with E-state index < -0.39 is 0 Å². The molecule has 3 aliphatic rings. The van der Waals surface area contributed by atoms with E-state index in [1.54, 1.807) is 0 Å². The SMILES string of the molecule is CC(C)(C)c1c2c(c(-c3ccccc3)c3cc(C4(C(C)(C)C)C5=Cc6ccccc6C5=C4c4ccccc4)ccc13)-c1ccccc1C2. The molecule has 0 N–H and O–H groups in total. The van der Waals surface area contributed by atoms with E-state index in [0.29, 0.717) is 0 Å². The van der Waals surface area contributed by atoms with Gasteiger partial charge in [-0.25, -0.2) is 0 Å². The molecular formula is C48H42. The van der Waals surface area contributed by atoms with Crippen LogP contribution in [0.4, 0.5) is 0 Å². The molecule has 1 atom stereocenters. The van der Waals surface area contributed by atoms with Gasteiger partial charge in [-0.1, -0.05) is 163 Å². The van der Waals surface area contributed by atoms with Gasteiger partial charge in [-0.3, -0.25) is 0 Å². The Bertz CT molecular complexity index is 2350. The molecule has 0 amide bonds. The highest BCUT2D eigenvalue weighted by Gasteiger charge is 2.59. The van der Waals surface area contributed by atoms with Crippen molar-refractivity contribution in [1.82, 2.24) is 0 Å². The van der Waals surface area contributed by atoms with E-state index in [1.807, 2.05) is 0 Å². The molecule has 0 saturated carbocycles. The first-order valence-electron chi connectivity index (χ1n) is 17.5. The van der Waals surface area contributed by atoms with Crippen molar-refractivity contribution >= 4 is 28.0 Å². The van der Waals surface area contributed by atoms with Crippen LogP contribution >= 0.6 is 0 Å². The van der Waals surface area contributed by atoms with Gasteiger partial charge in [0, 0.05) is 0 Å². The van der Waals surface area contributed by atoms with Crippen molar-refractivity contribution in [3.8, 4) is 22.3 Å². The standard InChI is InChI=1S/C48H42/c1-46(2,3)45-37-26-25-34(29-38(37)41(30-17-9-7-10-18-30)42-35-23-15-13-21-32(35)27-39(42)45)48(47(4,5)6)40-28-33-22-14-16-24-36(33)43(40)44(48)31-19-11-8-12-20-31/h7-26,28-29H,27H2,1-6H3. The maximum Gasteiger partial charge on any atom is 0.0518 e. The van der Waals surface area contributed by atoms with Crippen LogP contribution < -0.4 is 0 Å². The van der Waals surface area contributed by atoms with Crippen LogP contribution in [0.2, 0.25) is 0 Å². The molecule has 0 aromatic heterocycles. The fourth-order valence-corrected chi connectivity index (χ4v) is 9.65. The van der Waals surface area contributed by atoms with Gasteiger partial charge in [0.1, 0.15) is 0 Å². The number of benzene rings is 6. The number of fused-ring (bicyclic) bond motifs is 7. The smallest absolute Gasteiger partial charge is 0.0518 e. The quantitative estimate of drug-likeness (QED) is 0.185. The minimum absolute atomic E-state index is 0.0167. The highest BCUT2D eigenvalue weighted by atomic mass is 14.6. The van der Waals surface area contributed by atoms with Gasteiger partial charge in [0.15, 0.2) is 0 Å². The lowest BCUT2D eigenvalue weighted by molar-refractivity contribution is 0.285. The second-order valence-electron chi connectivity index (χ2n) is 16.1. The van der Waals surface area contributed by atoms with Gasteiger partial charge in [-0.05, 0) is 118 Å². The van der Waals surface area contributed by atoms with Crippen molar-refractivity contribution in [3.05, 3.63) is 172 Å². The van der Waals surface area contributed by atoms with E-state index >= 15 is 0 Å². The molecule has 0 fully saturated rings. The minimum atomic E-state index is -0.288. The average Bonchev–Trinajstić information content (AvgIpc) is 3.60. The summed E-state index contributed by atoms with van der Waals surface area (Å²) in [4.78, 5) is 0. The second-order valence-corrected chi connectivity index (χ2v) is 16.1. The fraction of sp³-hybridized carbons (Fsp3) is 0.208. The summed E-state index contributed by atoms with van der Waals surface area (Å²) in [6.07, 6.45) is 3.47. The monoisotopic (exact) mass is 618 g/mol. The molecule has 0 saturated heterocycles. The van der Waals surface area contributed by atoms with E-state index in [2.05, 4.69) is 175 Å². The topological polar surface area (TPSA) is 0 Å². The molecule has 0 radical (unpaired) electrons. The van der Waals surface area contributed by atoms with Gasteiger partial charge in [-0.15, -0.1) is 0 Å². The first-order chi connectivity index (χ1) is 23.1. The van der Waals surface area contributed by atoms with E-state index in [0.717, 1.165) is 6.42 Å². The van der Waals surface area contributed by atoms with Crippen LogP contribution in [-0.2, 0) is 17.3 Å². The Morgan fingerprint density at radius 2 is 1.19 bits per heavy atom. The van der Waals surface area contributed by atoms with Crippen molar-refractivity contribution in [2.24, 2.45) is 5.41 Å². The Hall–Kier alpha value is -4.94. The maximum absolute atomic E-state index is 2.60. The number of hydrogen-bond acceptors (Lipinski definition) is 0. The number of allylic oxidation sites excluding steroid dienone is 3. The summed E-state index contributed by atoms with van der Waals surface area (Å²) in [5.74, 6) is 0. The molecule has 9 rings (SSSR count). The highest BCUT2D eigenvalue weighted by Crippen LogP contribution is 2.70. The summed E-state index contributed by atoms with van der Waals surface area (Å²) in [5, 5.41) is 2.74. The van der Waals surface area contributed by atoms with Crippen LogP contribution in [0.1, 0.15) is 80.5 Å². The molecule has 234 valence electrons. The van der Waals surface area contributed by atoms with Crippen molar-refractivity contribution < 1.29 is 0 Å². The first kappa shape index (κ1) is 29.2. The van der Waals surface area contributed by atoms with Crippen LogP contribution in [-0.4, -0.2) is 0 Å². The minimum Gasteiger partial charge on any atom is -0.0622 e. The largest absolute Gasteiger partial charge is 0.0622 e. The molecule has 48 heavy (non-hydrogen) atoms. The van der Waals surface area contributed by atoms with Gasteiger partial charge in [0.05, 0.1) is 5.41 Å². The highest BCUT2D eigenvalue weighted by molar-refractivity contribution is 6.21. The molecule has 6 aromatic carbocycles. The zero-order valence-corrected chi connectivity index (χ0v) is 28.9. The Labute approximate surface area is 285 Å². The molecule has 6 aromatic rings. The molecular weight excluding hydrogens is 577 g/mol. The Morgan fingerprint density at radius 1 is 0.562 bits per heavy atom. The zero-order valence-electron chi connectivity index (χ0n) is 28.9. The van der Waals surface area contributed by atoms with Gasteiger partial charge in [0.25, 0.3) is 0 Å². The van der Waals surface area contributed by atoms with Crippen LogP contribution in [0, 0.1) is 5.41 Å². The van der Waals surface area contributed by atoms with Crippen molar-refractivity contribution in [2.45, 2.75) is 58.8 Å². The normalized spacial score (nSPS) is 17.8. The molecule has 0 bridgehead atoms. The summed E-state index contributed by atoms with van der Waals surface area (Å²) < 4.78 is 0. The number of hydrogen-bond donors (Lipinski definition) is 0. The lowest BCUT2D eigenvalue weighted by atomic mass is 9.46. The maximum atomic E-state index is 2.60. The third-order valence-corrected chi connectivity index (χ3v) is 11.3. The third-order valence-electron chi connectivity index (χ3n) is 11.3. The molecule has 0 heterocycles. The Kier molecular flexibility index (Phi) is 6.11. The summed E-state index contributed by atoms with van der Waals surface area (Å²) in [5.41, 5.74) is 19.2. The van der Waals surface area contributed by atoms with Crippen LogP contribution in [0.3, 0.4) is 0 Å². The zero-order chi connectivity index (χ0) is 33.0. The molecule has 1 unspecified atom stereocenters. The van der Waals surface area contributed by atoms with Crippen molar-refractivity contribution in [2.75, 3.05) is 0 Å². The van der Waals surface area contributed by atoms with Crippen molar-refractivity contribution in [3.63, 3.8) is 0 Å².